The molecule has 0 spiro atoms. The average molecular weight is 294 g/mol. The van der Waals surface area contributed by atoms with Crippen LogP contribution in [0.1, 0.15) is 30.1 Å². The molecule has 0 aliphatic carbocycles. The van der Waals surface area contributed by atoms with Crippen LogP contribution in [0.25, 0.3) is 0 Å². The minimum atomic E-state index is -0.635. The summed E-state index contributed by atoms with van der Waals surface area (Å²) in [5.41, 5.74) is 6.04. The molecule has 21 heavy (non-hydrogen) atoms. The fourth-order valence-corrected chi connectivity index (χ4v) is 2.43. The van der Waals surface area contributed by atoms with Crippen LogP contribution in [0.3, 0.4) is 0 Å². The number of rotatable bonds is 5. The molecule has 0 atom stereocenters. The molecule has 0 saturated carbocycles. The molecular formula is C15H22N2O4. The maximum atomic E-state index is 12.5. The quantitative estimate of drug-likeness (QED) is 0.703. The van der Waals surface area contributed by atoms with Gasteiger partial charge in [0.1, 0.15) is 0 Å². The van der Waals surface area contributed by atoms with Gasteiger partial charge in [0.2, 0.25) is 0 Å². The molecule has 2 rings (SSSR count). The van der Waals surface area contributed by atoms with E-state index in [1.807, 2.05) is 6.92 Å². The van der Waals surface area contributed by atoms with Crippen molar-refractivity contribution in [2.45, 2.75) is 25.3 Å². The topological polar surface area (TPSA) is 93.8 Å². The van der Waals surface area contributed by atoms with E-state index in [2.05, 4.69) is 5.32 Å². The molecule has 6 heteroatoms. The number of benzene rings is 1. The van der Waals surface area contributed by atoms with Crippen LogP contribution >= 0.6 is 0 Å². The first-order valence-corrected chi connectivity index (χ1v) is 7.14. The summed E-state index contributed by atoms with van der Waals surface area (Å²) in [6.07, 6.45) is 1.17. The molecule has 0 radical (unpaired) electrons. The van der Waals surface area contributed by atoms with E-state index in [1.54, 1.807) is 18.2 Å². The summed E-state index contributed by atoms with van der Waals surface area (Å²) in [5, 5.41) is 12.6. The summed E-state index contributed by atoms with van der Waals surface area (Å²) in [6, 6.07) is 5.07. The highest BCUT2D eigenvalue weighted by atomic mass is 16.5. The van der Waals surface area contributed by atoms with Crippen molar-refractivity contribution in [3.8, 4) is 5.75 Å². The second kappa shape index (κ2) is 6.78. The highest BCUT2D eigenvalue weighted by Crippen LogP contribution is 2.28. The second-order valence-electron chi connectivity index (χ2n) is 5.16. The zero-order valence-corrected chi connectivity index (χ0v) is 12.2. The molecule has 1 aromatic rings. The van der Waals surface area contributed by atoms with Crippen molar-refractivity contribution in [3.63, 3.8) is 0 Å². The number of aliphatic hydroxyl groups excluding tert-OH is 1. The van der Waals surface area contributed by atoms with Gasteiger partial charge in [-0.2, -0.15) is 0 Å². The lowest BCUT2D eigenvalue weighted by atomic mass is 9.90. The van der Waals surface area contributed by atoms with Crippen LogP contribution in [0, 0.1) is 0 Å². The van der Waals surface area contributed by atoms with Gasteiger partial charge in [-0.1, -0.05) is 6.07 Å². The van der Waals surface area contributed by atoms with E-state index in [-0.39, 0.29) is 12.5 Å². The van der Waals surface area contributed by atoms with Crippen LogP contribution in [0.5, 0.6) is 5.75 Å². The van der Waals surface area contributed by atoms with Gasteiger partial charge < -0.3 is 25.6 Å². The molecular weight excluding hydrogens is 272 g/mol. The Bertz CT molecular complexity index is 498. The first-order valence-electron chi connectivity index (χ1n) is 7.14. The molecule has 1 aliphatic heterocycles. The molecule has 1 fully saturated rings. The molecule has 1 amide bonds. The van der Waals surface area contributed by atoms with E-state index in [1.165, 1.54) is 0 Å². The Morgan fingerprint density at radius 3 is 2.81 bits per heavy atom. The predicted octanol–water partition coefficient (Wildman–Crippen LogP) is 0.939. The Morgan fingerprint density at radius 1 is 1.48 bits per heavy atom. The maximum absolute atomic E-state index is 12.5. The SMILES string of the molecule is CCOc1c(N)cccc1C(=O)NC1(CO)CCOCC1. The van der Waals surface area contributed by atoms with Crippen molar-refractivity contribution in [2.24, 2.45) is 0 Å². The number of ether oxygens (including phenoxy) is 2. The predicted molar refractivity (Wildman–Crippen MR) is 79.4 cm³/mol. The third kappa shape index (κ3) is 3.46. The monoisotopic (exact) mass is 294 g/mol. The highest BCUT2D eigenvalue weighted by molar-refractivity contribution is 5.99. The summed E-state index contributed by atoms with van der Waals surface area (Å²) in [7, 11) is 0. The zero-order valence-electron chi connectivity index (χ0n) is 12.2. The second-order valence-corrected chi connectivity index (χ2v) is 5.16. The highest BCUT2D eigenvalue weighted by Gasteiger charge is 2.34. The number of para-hydroxylation sites is 1. The fraction of sp³-hybridized carbons (Fsp3) is 0.533. The van der Waals surface area contributed by atoms with Crippen molar-refractivity contribution in [3.05, 3.63) is 23.8 Å². The summed E-state index contributed by atoms with van der Waals surface area (Å²) in [5.74, 6) is 0.0966. The Kier molecular flexibility index (Phi) is 5.03. The molecule has 4 N–H and O–H groups in total. The lowest BCUT2D eigenvalue weighted by Crippen LogP contribution is -2.54. The number of carbonyl (C=O) groups excluding carboxylic acids is 1. The van der Waals surface area contributed by atoms with E-state index in [9.17, 15) is 9.90 Å². The molecule has 1 aromatic carbocycles. The Hall–Kier alpha value is -1.79. The normalized spacial score (nSPS) is 17.2. The van der Waals surface area contributed by atoms with Gasteiger partial charge in [0, 0.05) is 13.2 Å². The number of anilines is 1. The number of amides is 1. The van der Waals surface area contributed by atoms with Gasteiger partial charge in [-0.3, -0.25) is 4.79 Å². The van der Waals surface area contributed by atoms with Gasteiger partial charge >= 0.3 is 0 Å². The smallest absolute Gasteiger partial charge is 0.255 e. The number of nitrogen functional groups attached to an aromatic ring is 1. The Balaban J connectivity index is 2.21. The van der Waals surface area contributed by atoms with Gasteiger partial charge in [-0.05, 0) is 31.9 Å². The number of hydrogen-bond donors (Lipinski definition) is 3. The molecule has 1 aliphatic rings. The number of nitrogens with two attached hydrogens (primary N) is 1. The molecule has 1 saturated heterocycles. The number of aliphatic hydroxyl groups is 1. The molecule has 0 aromatic heterocycles. The van der Waals surface area contributed by atoms with Crippen LogP contribution in [0.2, 0.25) is 0 Å². The summed E-state index contributed by atoms with van der Waals surface area (Å²) < 4.78 is 10.8. The first kappa shape index (κ1) is 15.6. The van der Waals surface area contributed by atoms with Gasteiger partial charge in [-0.25, -0.2) is 0 Å². The Labute approximate surface area is 124 Å². The fourth-order valence-electron chi connectivity index (χ4n) is 2.43. The Morgan fingerprint density at radius 2 is 2.19 bits per heavy atom. The minimum Gasteiger partial charge on any atom is -0.491 e. The lowest BCUT2D eigenvalue weighted by Gasteiger charge is -2.36. The number of carbonyl (C=O) groups is 1. The third-order valence-corrected chi connectivity index (χ3v) is 3.71. The average Bonchev–Trinajstić information content (AvgIpc) is 2.50. The van der Waals surface area contributed by atoms with Crippen LogP contribution in [0.15, 0.2) is 18.2 Å². The van der Waals surface area contributed by atoms with E-state index in [4.69, 9.17) is 15.2 Å². The first-order chi connectivity index (χ1) is 10.1. The van der Waals surface area contributed by atoms with Crippen molar-refractivity contribution >= 4 is 11.6 Å². The van der Waals surface area contributed by atoms with Crippen molar-refractivity contribution in [1.82, 2.24) is 5.32 Å². The summed E-state index contributed by atoms with van der Waals surface area (Å²) in [4.78, 5) is 12.5. The van der Waals surface area contributed by atoms with Crippen LogP contribution in [0.4, 0.5) is 5.69 Å². The maximum Gasteiger partial charge on any atom is 0.255 e. The summed E-state index contributed by atoms with van der Waals surface area (Å²) >= 11 is 0. The van der Waals surface area contributed by atoms with Gasteiger partial charge in [0.25, 0.3) is 5.91 Å². The van der Waals surface area contributed by atoms with Crippen LogP contribution in [-0.2, 0) is 4.74 Å². The van der Waals surface area contributed by atoms with Crippen molar-refractivity contribution in [1.29, 1.82) is 0 Å². The third-order valence-electron chi connectivity index (χ3n) is 3.71. The standard InChI is InChI=1S/C15H22N2O4/c1-2-21-13-11(4-3-5-12(13)16)14(19)17-15(10-18)6-8-20-9-7-15/h3-5,18H,2,6-10,16H2,1H3,(H,17,19). The molecule has 1 heterocycles. The number of nitrogens with one attached hydrogen (secondary N) is 1. The van der Waals surface area contributed by atoms with Crippen LogP contribution in [-0.4, -0.2) is 43.0 Å². The lowest BCUT2D eigenvalue weighted by molar-refractivity contribution is 0.0125. The zero-order chi connectivity index (χ0) is 15.3. The summed E-state index contributed by atoms with van der Waals surface area (Å²) in [6.45, 7) is 3.19. The van der Waals surface area contributed by atoms with Crippen LogP contribution < -0.4 is 15.8 Å². The van der Waals surface area contributed by atoms with E-state index in [0.717, 1.165) is 0 Å². The minimum absolute atomic E-state index is 0.117. The van der Waals surface area contributed by atoms with Gasteiger partial charge in [-0.15, -0.1) is 0 Å². The van der Waals surface area contributed by atoms with Crippen molar-refractivity contribution < 1.29 is 19.4 Å². The van der Waals surface area contributed by atoms with E-state index in [0.29, 0.717) is 49.7 Å². The van der Waals surface area contributed by atoms with Gasteiger partial charge in [0.15, 0.2) is 5.75 Å². The van der Waals surface area contributed by atoms with Crippen molar-refractivity contribution in [2.75, 3.05) is 32.2 Å². The molecule has 0 unspecified atom stereocenters. The molecule has 6 nitrogen and oxygen atoms in total. The number of hydrogen-bond acceptors (Lipinski definition) is 5. The molecule has 116 valence electrons. The van der Waals surface area contributed by atoms with E-state index < -0.39 is 5.54 Å². The van der Waals surface area contributed by atoms with E-state index >= 15 is 0 Å². The van der Waals surface area contributed by atoms with Gasteiger partial charge in [0.05, 0.1) is 30.0 Å². The molecule has 0 bridgehead atoms. The largest absolute Gasteiger partial charge is 0.491 e.